The second kappa shape index (κ2) is 12.6. The number of hydrogen-bond acceptors (Lipinski definition) is 6. The highest BCUT2D eigenvalue weighted by Crippen LogP contribution is 2.37. The van der Waals surface area contributed by atoms with E-state index in [1.165, 1.54) is 27.3 Å². The first-order valence-electron chi connectivity index (χ1n) is 16.4. The quantitative estimate of drug-likeness (QED) is 0.168. The van der Waals surface area contributed by atoms with Gasteiger partial charge in [0, 0.05) is 52.4 Å². The summed E-state index contributed by atoms with van der Waals surface area (Å²) in [5.41, 5.74) is 10.1. The lowest BCUT2D eigenvalue weighted by Crippen LogP contribution is -2.00. The number of hydrogen-bond donors (Lipinski definition) is 0. The second-order valence-corrected chi connectivity index (χ2v) is 12.0. The van der Waals surface area contributed by atoms with Crippen LogP contribution in [0, 0.1) is 0 Å². The molecule has 0 aliphatic carbocycles. The van der Waals surface area contributed by atoms with Gasteiger partial charge in [-0.25, -0.2) is 19.9 Å². The highest BCUT2D eigenvalue weighted by Gasteiger charge is 2.15. The molecule has 0 saturated heterocycles. The van der Waals surface area contributed by atoms with Gasteiger partial charge < -0.3 is 0 Å². The van der Waals surface area contributed by atoms with Gasteiger partial charge in [0.2, 0.25) is 0 Å². The lowest BCUT2D eigenvalue weighted by Gasteiger charge is -2.14. The SMILES string of the molecule is c1ccc(-c2cc(-c3cccc(-c4ccc(-c5nc(-c6ccncc6)nc(-c6ccncc6)n5)cc4)c3)nc3ccc4ccccc4c23)cc1. The first-order valence-corrected chi connectivity index (χ1v) is 16.4. The number of benzene rings is 5. The van der Waals surface area contributed by atoms with Crippen molar-refractivity contribution >= 4 is 21.7 Å². The van der Waals surface area contributed by atoms with Gasteiger partial charge in [0.05, 0.1) is 11.2 Å². The maximum atomic E-state index is 5.21. The molecule has 0 N–H and O–H groups in total. The summed E-state index contributed by atoms with van der Waals surface area (Å²) in [4.78, 5) is 28.0. The van der Waals surface area contributed by atoms with Crippen molar-refractivity contribution in [2.24, 2.45) is 0 Å². The van der Waals surface area contributed by atoms with E-state index in [1.807, 2.05) is 24.3 Å². The zero-order valence-corrected chi connectivity index (χ0v) is 26.8. The summed E-state index contributed by atoms with van der Waals surface area (Å²) >= 11 is 0. The molecule has 0 bridgehead atoms. The zero-order chi connectivity index (χ0) is 33.3. The molecule has 4 heterocycles. The molecule has 0 spiro atoms. The molecule has 0 aliphatic heterocycles. The van der Waals surface area contributed by atoms with E-state index >= 15 is 0 Å². The van der Waals surface area contributed by atoms with Gasteiger partial charge in [0.15, 0.2) is 17.5 Å². The smallest absolute Gasteiger partial charge is 0.164 e. The van der Waals surface area contributed by atoms with Crippen LogP contribution in [-0.2, 0) is 0 Å². The van der Waals surface area contributed by atoms with Crippen molar-refractivity contribution in [1.29, 1.82) is 0 Å². The van der Waals surface area contributed by atoms with Crippen LogP contribution < -0.4 is 0 Å². The van der Waals surface area contributed by atoms with Crippen LogP contribution in [0.5, 0.6) is 0 Å². The van der Waals surface area contributed by atoms with Gasteiger partial charge in [0.25, 0.3) is 0 Å². The Kier molecular flexibility index (Phi) is 7.37. The van der Waals surface area contributed by atoms with E-state index in [0.29, 0.717) is 17.5 Å². The third kappa shape index (κ3) is 5.55. The van der Waals surface area contributed by atoms with Crippen LogP contribution in [0.4, 0.5) is 0 Å². The van der Waals surface area contributed by atoms with Gasteiger partial charge in [0.1, 0.15) is 0 Å². The Balaban J connectivity index is 1.10. The van der Waals surface area contributed by atoms with Crippen LogP contribution in [0.1, 0.15) is 0 Å². The first-order chi connectivity index (χ1) is 24.8. The molecule has 6 heteroatoms. The van der Waals surface area contributed by atoms with Gasteiger partial charge in [-0.1, -0.05) is 103 Å². The monoisotopic (exact) mass is 640 g/mol. The predicted molar refractivity (Wildman–Crippen MR) is 201 cm³/mol. The third-order valence-corrected chi connectivity index (χ3v) is 8.93. The number of aromatic nitrogens is 6. The van der Waals surface area contributed by atoms with Crippen LogP contribution >= 0.6 is 0 Å². The molecule has 6 nitrogen and oxygen atoms in total. The molecular weight excluding hydrogens is 613 g/mol. The molecule has 0 fully saturated rings. The van der Waals surface area contributed by atoms with E-state index in [4.69, 9.17) is 19.9 Å². The fraction of sp³-hybridized carbons (Fsp3) is 0. The van der Waals surface area contributed by atoms with Crippen molar-refractivity contribution in [3.63, 3.8) is 0 Å². The number of pyridine rings is 3. The fourth-order valence-electron chi connectivity index (χ4n) is 6.44. The standard InChI is InChI=1S/C44H28N6/c1-2-7-30(8-3-1)38-28-40(47-39-18-17-31-9-4-5-12-37(31)41(38)39)36-11-6-10-35(27-36)29-13-15-32(16-14-29)42-48-43(33-19-23-45-24-20-33)50-44(49-42)34-21-25-46-26-22-34/h1-28H. The molecule has 4 aromatic heterocycles. The van der Waals surface area contributed by atoms with Crippen LogP contribution in [0.15, 0.2) is 170 Å². The normalized spacial score (nSPS) is 11.2. The van der Waals surface area contributed by atoms with E-state index in [-0.39, 0.29) is 0 Å². The van der Waals surface area contributed by atoms with Crippen molar-refractivity contribution in [3.8, 4) is 67.7 Å². The summed E-state index contributed by atoms with van der Waals surface area (Å²) < 4.78 is 0. The topological polar surface area (TPSA) is 77.3 Å². The lowest BCUT2D eigenvalue weighted by atomic mass is 9.94. The molecular formula is C44H28N6. The summed E-state index contributed by atoms with van der Waals surface area (Å²) in [5.74, 6) is 1.78. The largest absolute Gasteiger partial charge is 0.265 e. The van der Waals surface area contributed by atoms with Gasteiger partial charge in [-0.15, -0.1) is 0 Å². The highest BCUT2D eigenvalue weighted by atomic mass is 15.0. The van der Waals surface area contributed by atoms with Crippen molar-refractivity contribution in [3.05, 3.63) is 170 Å². The lowest BCUT2D eigenvalue weighted by molar-refractivity contribution is 1.07. The van der Waals surface area contributed by atoms with Gasteiger partial charge in [-0.3, -0.25) is 9.97 Å². The van der Waals surface area contributed by atoms with E-state index in [9.17, 15) is 0 Å². The van der Waals surface area contributed by atoms with E-state index in [0.717, 1.165) is 44.6 Å². The highest BCUT2D eigenvalue weighted by molar-refractivity contribution is 6.13. The molecule has 9 aromatic rings. The maximum absolute atomic E-state index is 5.21. The second-order valence-electron chi connectivity index (χ2n) is 12.0. The molecule has 234 valence electrons. The maximum Gasteiger partial charge on any atom is 0.164 e. The summed E-state index contributed by atoms with van der Waals surface area (Å²) in [6.07, 6.45) is 6.97. The van der Waals surface area contributed by atoms with Crippen LogP contribution in [0.3, 0.4) is 0 Å². The molecule has 9 rings (SSSR count). The van der Waals surface area contributed by atoms with Crippen LogP contribution in [0.2, 0.25) is 0 Å². The minimum atomic E-state index is 0.590. The Morgan fingerprint density at radius 3 is 1.58 bits per heavy atom. The van der Waals surface area contributed by atoms with E-state index in [1.54, 1.807) is 24.8 Å². The predicted octanol–water partition coefficient (Wildman–Crippen LogP) is 10.4. The van der Waals surface area contributed by atoms with Gasteiger partial charge >= 0.3 is 0 Å². The van der Waals surface area contributed by atoms with Crippen LogP contribution in [-0.4, -0.2) is 29.9 Å². The van der Waals surface area contributed by atoms with Crippen molar-refractivity contribution in [2.45, 2.75) is 0 Å². The Bertz CT molecular complexity index is 2570. The fourth-order valence-corrected chi connectivity index (χ4v) is 6.44. The minimum absolute atomic E-state index is 0.590. The molecule has 0 saturated carbocycles. The van der Waals surface area contributed by atoms with E-state index < -0.39 is 0 Å². The Hall–Kier alpha value is -6.92. The van der Waals surface area contributed by atoms with Crippen molar-refractivity contribution in [1.82, 2.24) is 29.9 Å². The van der Waals surface area contributed by atoms with E-state index in [2.05, 4.69) is 131 Å². The summed E-state index contributed by atoms with van der Waals surface area (Å²) in [5, 5.41) is 3.58. The molecule has 0 atom stereocenters. The van der Waals surface area contributed by atoms with Gasteiger partial charge in [-0.05, 0) is 75.5 Å². The van der Waals surface area contributed by atoms with Crippen molar-refractivity contribution in [2.75, 3.05) is 0 Å². The number of nitrogens with zero attached hydrogens (tertiary/aromatic N) is 6. The van der Waals surface area contributed by atoms with Gasteiger partial charge in [-0.2, -0.15) is 0 Å². The molecule has 0 amide bonds. The Morgan fingerprint density at radius 2 is 0.900 bits per heavy atom. The average Bonchev–Trinajstić information content (AvgIpc) is 3.21. The zero-order valence-electron chi connectivity index (χ0n) is 26.8. The summed E-state index contributed by atoms with van der Waals surface area (Å²) in [6, 6.07) is 50.2. The first kappa shape index (κ1) is 29.2. The molecule has 5 aromatic carbocycles. The van der Waals surface area contributed by atoms with Crippen LogP contribution in [0.25, 0.3) is 89.4 Å². The third-order valence-electron chi connectivity index (χ3n) is 8.93. The average molecular weight is 641 g/mol. The molecule has 0 aliphatic rings. The molecule has 50 heavy (non-hydrogen) atoms. The number of rotatable bonds is 6. The molecule has 0 unspecified atom stereocenters. The summed E-state index contributed by atoms with van der Waals surface area (Å²) in [6.45, 7) is 0. The Labute approximate surface area is 288 Å². The summed E-state index contributed by atoms with van der Waals surface area (Å²) in [7, 11) is 0. The Morgan fingerprint density at radius 1 is 0.340 bits per heavy atom. The van der Waals surface area contributed by atoms with Crippen molar-refractivity contribution < 1.29 is 0 Å². The number of fused-ring (bicyclic) bond motifs is 3. The minimum Gasteiger partial charge on any atom is -0.265 e. The molecule has 0 radical (unpaired) electrons.